The monoisotopic (exact) mass is 323 g/mol. The topological polar surface area (TPSA) is 69.2 Å². The highest BCUT2D eigenvalue weighted by molar-refractivity contribution is 5.87. The Morgan fingerprint density at radius 3 is 2.58 bits per heavy atom. The van der Waals surface area contributed by atoms with Crippen molar-refractivity contribution in [3.05, 3.63) is 65.9 Å². The molecule has 1 heterocycles. The highest BCUT2D eigenvalue weighted by atomic mass is 16.3. The van der Waals surface area contributed by atoms with E-state index in [1.165, 1.54) is 5.56 Å². The number of H-pyrrole nitrogens is 1. The maximum Gasteiger partial charge on any atom is 0.228 e. The van der Waals surface area contributed by atoms with Crippen LogP contribution in [0.4, 0.5) is 0 Å². The minimum Gasteiger partial charge on any atom is -0.395 e. The molecule has 0 spiro atoms. The number of hydrogen-bond acceptors (Lipinski definition) is 3. The number of carbonyl (C=O) groups is 1. The summed E-state index contributed by atoms with van der Waals surface area (Å²) in [5, 5.41) is 17.4. The lowest BCUT2D eigenvalue weighted by molar-refractivity contribution is -0.131. The lowest BCUT2D eigenvalue weighted by atomic mass is 10.1. The molecule has 0 aliphatic heterocycles. The van der Waals surface area contributed by atoms with Gasteiger partial charge in [-0.2, -0.15) is 5.10 Å². The number of aromatic amines is 1. The number of aliphatic hydroxyl groups is 1. The largest absolute Gasteiger partial charge is 0.395 e. The molecule has 2 aromatic carbocycles. The number of amides is 1. The minimum atomic E-state index is -0.0374. The van der Waals surface area contributed by atoms with Crippen molar-refractivity contribution >= 4 is 16.8 Å². The maximum atomic E-state index is 12.6. The number of aromatic nitrogens is 2. The third-order valence-electron chi connectivity index (χ3n) is 4.10. The Balaban J connectivity index is 1.67. The van der Waals surface area contributed by atoms with E-state index in [0.717, 1.165) is 23.0 Å². The highest BCUT2D eigenvalue weighted by Gasteiger charge is 2.16. The average Bonchev–Trinajstić information content (AvgIpc) is 3.02. The van der Waals surface area contributed by atoms with Crippen LogP contribution < -0.4 is 0 Å². The highest BCUT2D eigenvalue weighted by Crippen LogP contribution is 2.16. The lowest BCUT2D eigenvalue weighted by Crippen LogP contribution is -2.36. The number of para-hydroxylation sites is 1. The smallest absolute Gasteiger partial charge is 0.228 e. The Morgan fingerprint density at radius 1 is 1.04 bits per heavy atom. The molecule has 0 saturated carbocycles. The van der Waals surface area contributed by atoms with Gasteiger partial charge in [-0.25, -0.2) is 0 Å². The van der Waals surface area contributed by atoms with Crippen LogP contribution in [0.25, 0.3) is 10.9 Å². The predicted octanol–water partition coefficient (Wildman–Crippen LogP) is 2.17. The SMILES string of the molecule is O=C(Cc1[nH]nc2ccccc12)N(CCO)CCc1ccccc1. The fourth-order valence-corrected chi connectivity index (χ4v) is 2.80. The molecule has 0 radical (unpaired) electrons. The number of nitrogens with one attached hydrogen (secondary N) is 1. The van der Waals surface area contributed by atoms with Crippen molar-refractivity contribution in [2.75, 3.05) is 19.7 Å². The second-order valence-corrected chi connectivity index (χ2v) is 5.74. The third kappa shape index (κ3) is 3.81. The van der Waals surface area contributed by atoms with Gasteiger partial charge in [-0.05, 0) is 18.1 Å². The van der Waals surface area contributed by atoms with Crippen molar-refractivity contribution in [2.45, 2.75) is 12.8 Å². The van der Waals surface area contributed by atoms with Gasteiger partial charge in [0, 0.05) is 18.5 Å². The van der Waals surface area contributed by atoms with E-state index in [9.17, 15) is 9.90 Å². The number of rotatable bonds is 7. The molecule has 5 nitrogen and oxygen atoms in total. The maximum absolute atomic E-state index is 12.6. The molecule has 2 N–H and O–H groups in total. The summed E-state index contributed by atoms with van der Waals surface area (Å²) in [7, 11) is 0. The summed E-state index contributed by atoms with van der Waals surface area (Å²) in [5.41, 5.74) is 2.86. The summed E-state index contributed by atoms with van der Waals surface area (Å²) in [6, 6.07) is 17.8. The Labute approximate surface area is 140 Å². The molecular weight excluding hydrogens is 302 g/mol. The number of fused-ring (bicyclic) bond motifs is 1. The zero-order valence-corrected chi connectivity index (χ0v) is 13.5. The first kappa shape index (κ1) is 16.2. The molecule has 0 aliphatic carbocycles. The number of aliphatic hydroxyl groups excluding tert-OH is 1. The Kier molecular flexibility index (Phi) is 5.23. The van der Waals surface area contributed by atoms with E-state index in [1.807, 2.05) is 54.6 Å². The van der Waals surface area contributed by atoms with Crippen molar-refractivity contribution in [1.82, 2.24) is 15.1 Å². The standard InChI is InChI=1S/C19H21N3O2/c23-13-12-22(11-10-15-6-2-1-3-7-15)19(24)14-18-16-8-4-5-9-17(16)20-21-18/h1-9,23H,10-14H2,(H,20,21). The van der Waals surface area contributed by atoms with Gasteiger partial charge in [0.25, 0.3) is 0 Å². The number of hydrogen-bond donors (Lipinski definition) is 2. The van der Waals surface area contributed by atoms with Crippen LogP contribution in [0.5, 0.6) is 0 Å². The van der Waals surface area contributed by atoms with Gasteiger partial charge in [0.15, 0.2) is 0 Å². The quantitative estimate of drug-likeness (QED) is 0.700. The molecular formula is C19H21N3O2. The zero-order valence-electron chi connectivity index (χ0n) is 13.5. The van der Waals surface area contributed by atoms with Crippen LogP contribution in [0.1, 0.15) is 11.3 Å². The summed E-state index contributed by atoms with van der Waals surface area (Å²) in [5.74, 6) is -0.00520. The summed E-state index contributed by atoms with van der Waals surface area (Å²) in [6.07, 6.45) is 1.03. The lowest BCUT2D eigenvalue weighted by Gasteiger charge is -2.21. The van der Waals surface area contributed by atoms with Gasteiger partial charge in [-0.15, -0.1) is 0 Å². The number of nitrogens with zero attached hydrogens (tertiary/aromatic N) is 2. The molecule has 0 saturated heterocycles. The first-order valence-corrected chi connectivity index (χ1v) is 8.12. The van der Waals surface area contributed by atoms with Gasteiger partial charge >= 0.3 is 0 Å². The normalized spacial score (nSPS) is 10.9. The first-order valence-electron chi connectivity index (χ1n) is 8.12. The van der Waals surface area contributed by atoms with Gasteiger partial charge < -0.3 is 10.0 Å². The second-order valence-electron chi connectivity index (χ2n) is 5.74. The summed E-state index contributed by atoms with van der Waals surface area (Å²) >= 11 is 0. The molecule has 3 aromatic rings. The molecule has 24 heavy (non-hydrogen) atoms. The van der Waals surface area contributed by atoms with Crippen molar-refractivity contribution in [2.24, 2.45) is 0 Å². The number of carbonyl (C=O) groups excluding carboxylic acids is 1. The van der Waals surface area contributed by atoms with Gasteiger partial charge in [0.05, 0.1) is 24.2 Å². The van der Waals surface area contributed by atoms with Crippen molar-refractivity contribution in [1.29, 1.82) is 0 Å². The van der Waals surface area contributed by atoms with Gasteiger partial charge in [-0.3, -0.25) is 9.89 Å². The predicted molar refractivity (Wildman–Crippen MR) is 93.6 cm³/mol. The summed E-state index contributed by atoms with van der Waals surface area (Å²) < 4.78 is 0. The van der Waals surface area contributed by atoms with Crippen molar-refractivity contribution < 1.29 is 9.90 Å². The Bertz CT molecular complexity index is 798. The second kappa shape index (κ2) is 7.75. The van der Waals surface area contributed by atoms with E-state index in [-0.39, 0.29) is 18.9 Å². The van der Waals surface area contributed by atoms with Crippen molar-refractivity contribution in [3.8, 4) is 0 Å². The zero-order chi connectivity index (χ0) is 16.8. The minimum absolute atomic E-state index is 0.00520. The van der Waals surface area contributed by atoms with Crippen LogP contribution in [-0.2, 0) is 17.6 Å². The molecule has 0 bridgehead atoms. The van der Waals surface area contributed by atoms with E-state index in [1.54, 1.807) is 4.90 Å². The molecule has 0 atom stereocenters. The Morgan fingerprint density at radius 2 is 1.79 bits per heavy atom. The molecule has 1 amide bonds. The molecule has 124 valence electrons. The fraction of sp³-hybridized carbons (Fsp3) is 0.263. The van der Waals surface area contributed by atoms with E-state index in [2.05, 4.69) is 10.2 Å². The van der Waals surface area contributed by atoms with E-state index in [4.69, 9.17) is 0 Å². The summed E-state index contributed by atoms with van der Waals surface area (Å²) in [4.78, 5) is 14.3. The van der Waals surface area contributed by atoms with Gasteiger partial charge in [0.1, 0.15) is 0 Å². The molecule has 5 heteroatoms. The third-order valence-corrected chi connectivity index (χ3v) is 4.10. The molecule has 3 rings (SSSR count). The average molecular weight is 323 g/mol. The Hall–Kier alpha value is -2.66. The molecule has 1 aromatic heterocycles. The summed E-state index contributed by atoms with van der Waals surface area (Å²) in [6.45, 7) is 0.900. The van der Waals surface area contributed by atoms with E-state index < -0.39 is 0 Å². The van der Waals surface area contributed by atoms with Gasteiger partial charge in [-0.1, -0.05) is 48.5 Å². The van der Waals surface area contributed by atoms with Crippen LogP contribution in [0.3, 0.4) is 0 Å². The van der Waals surface area contributed by atoms with Crippen LogP contribution in [0.2, 0.25) is 0 Å². The molecule has 0 unspecified atom stereocenters. The van der Waals surface area contributed by atoms with Crippen LogP contribution >= 0.6 is 0 Å². The first-order chi connectivity index (χ1) is 11.8. The van der Waals surface area contributed by atoms with Crippen molar-refractivity contribution in [3.63, 3.8) is 0 Å². The fourth-order valence-electron chi connectivity index (χ4n) is 2.80. The molecule has 0 fully saturated rings. The number of benzene rings is 2. The molecule has 0 aliphatic rings. The van der Waals surface area contributed by atoms with E-state index >= 15 is 0 Å². The van der Waals surface area contributed by atoms with Crippen LogP contribution in [-0.4, -0.2) is 45.8 Å². The van der Waals surface area contributed by atoms with E-state index in [0.29, 0.717) is 13.1 Å². The van der Waals surface area contributed by atoms with Crippen LogP contribution in [0, 0.1) is 0 Å². The van der Waals surface area contributed by atoms with Gasteiger partial charge in [0.2, 0.25) is 5.91 Å². The van der Waals surface area contributed by atoms with Crippen LogP contribution in [0.15, 0.2) is 54.6 Å².